The first-order valence-corrected chi connectivity index (χ1v) is 7.12. The van der Waals surface area contributed by atoms with Crippen LogP contribution in [0.3, 0.4) is 0 Å². The van der Waals surface area contributed by atoms with Crippen LogP contribution < -0.4 is 0 Å². The zero-order valence-corrected chi connectivity index (χ0v) is 12.3. The van der Waals surface area contributed by atoms with Crippen molar-refractivity contribution >= 4 is 5.97 Å². The molecule has 3 nitrogen and oxygen atoms in total. The molecule has 0 unspecified atom stereocenters. The van der Waals surface area contributed by atoms with E-state index in [1.54, 1.807) is 12.1 Å². The first kappa shape index (κ1) is 16.6. The molecule has 0 spiro atoms. The molecule has 0 fully saturated rings. The molecule has 0 amide bonds. The third-order valence-corrected chi connectivity index (χ3v) is 2.94. The lowest BCUT2D eigenvalue weighted by molar-refractivity contribution is -0.146. The van der Waals surface area contributed by atoms with E-state index in [9.17, 15) is 9.18 Å². The summed E-state index contributed by atoms with van der Waals surface area (Å²) in [6.07, 6.45) is 3.50. The third kappa shape index (κ3) is 6.66. The van der Waals surface area contributed by atoms with Crippen LogP contribution in [-0.4, -0.2) is 19.2 Å². The number of carbonyl (C=O) groups excluding carboxylic acids is 1. The molecule has 1 rings (SSSR count). The maximum Gasteiger partial charge on any atom is 0.308 e. The van der Waals surface area contributed by atoms with E-state index in [2.05, 4.69) is 6.92 Å². The first-order valence-electron chi connectivity index (χ1n) is 7.12. The van der Waals surface area contributed by atoms with E-state index in [0.717, 1.165) is 24.8 Å². The Labute approximate surface area is 120 Å². The van der Waals surface area contributed by atoms with E-state index in [0.29, 0.717) is 18.8 Å². The highest BCUT2D eigenvalue weighted by Crippen LogP contribution is 2.11. The molecule has 1 aromatic carbocycles. The average molecular weight is 282 g/mol. The molecule has 112 valence electrons. The van der Waals surface area contributed by atoms with E-state index < -0.39 is 0 Å². The summed E-state index contributed by atoms with van der Waals surface area (Å²) in [7, 11) is 0. The van der Waals surface area contributed by atoms with Gasteiger partial charge in [0, 0.05) is 12.2 Å². The van der Waals surface area contributed by atoms with Gasteiger partial charge in [0.2, 0.25) is 0 Å². The van der Waals surface area contributed by atoms with Crippen LogP contribution in [0.25, 0.3) is 0 Å². The molecule has 0 heterocycles. The van der Waals surface area contributed by atoms with Crippen LogP contribution in [0.2, 0.25) is 0 Å². The SMILES string of the molecule is CCCCCOCCC(=O)OCc1ccc(C)cc1F. The Morgan fingerprint density at radius 2 is 2.05 bits per heavy atom. The summed E-state index contributed by atoms with van der Waals surface area (Å²) in [5, 5.41) is 0. The molecule has 0 aliphatic rings. The molecule has 4 heteroatoms. The number of benzene rings is 1. The van der Waals surface area contributed by atoms with E-state index in [4.69, 9.17) is 9.47 Å². The molecule has 0 aliphatic heterocycles. The van der Waals surface area contributed by atoms with Crippen molar-refractivity contribution in [3.05, 3.63) is 35.1 Å². The van der Waals surface area contributed by atoms with Gasteiger partial charge in [0.15, 0.2) is 0 Å². The van der Waals surface area contributed by atoms with Crippen LogP contribution in [0.15, 0.2) is 18.2 Å². The smallest absolute Gasteiger partial charge is 0.308 e. The van der Waals surface area contributed by atoms with E-state index in [-0.39, 0.29) is 24.8 Å². The molecule has 0 aliphatic carbocycles. The van der Waals surface area contributed by atoms with Crippen molar-refractivity contribution in [3.63, 3.8) is 0 Å². The maximum absolute atomic E-state index is 13.5. The minimum absolute atomic E-state index is 0.0270. The number of halogens is 1. The first-order chi connectivity index (χ1) is 9.63. The van der Waals surface area contributed by atoms with E-state index in [1.807, 2.05) is 6.92 Å². The van der Waals surface area contributed by atoms with Gasteiger partial charge >= 0.3 is 5.97 Å². The molecule has 0 atom stereocenters. The molecule has 20 heavy (non-hydrogen) atoms. The Hall–Kier alpha value is -1.42. The molecule has 0 aromatic heterocycles. The number of ether oxygens (including phenoxy) is 2. The monoisotopic (exact) mass is 282 g/mol. The topological polar surface area (TPSA) is 35.5 Å². The third-order valence-electron chi connectivity index (χ3n) is 2.94. The number of unbranched alkanes of at least 4 members (excludes halogenated alkanes) is 2. The fourth-order valence-electron chi connectivity index (χ4n) is 1.71. The van der Waals surface area contributed by atoms with Crippen molar-refractivity contribution in [2.75, 3.05) is 13.2 Å². The largest absolute Gasteiger partial charge is 0.461 e. The highest BCUT2D eigenvalue weighted by Gasteiger charge is 2.07. The fourth-order valence-corrected chi connectivity index (χ4v) is 1.71. The van der Waals surface area contributed by atoms with Gasteiger partial charge in [0.25, 0.3) is 0 Å². The average Bonchev–Trinajstić information content (AvgIpc) is 2.41. The summed E-state index contributed by atoms with van der Waals surface area (Å²) in [5.74, 6) is -0.700. The molecule has 0 saturated heterocycles. The Morgan fingerprint density at radius 1 is 1.25 bits per heavy atom. The minimum Gasteiger partial charge on any atom is -0.461 e. The number of hydrogen-bond donors (Lipinski definition) is 0. The summed E-state index contributed by atoms with van der Waals surface area (Å²) in [6.45, 7) is 4.95. The fraction of sp³-hybridized carbons (Fsp3) is 0.562. The number of carbonyl (C=O) groups is 1. The van der Waals surface area contributed by atoms with Gasteiger partial charge in [-0.05, 0) is 25.0 Å². The molecule has 0 saturated carbocycles. The Balaban J connectivity index is 2.16. The van der Waals surface area contributed by atoms with Crippen LogP contribution >= 0.6 is 0 Å². The second-order valence-corrected chi connectivity index (χ2v) is 4.83. The summed E-state index contributed by atoms with van der Waals surface area (Å²) < 4.78 is 23.9. The summed E-state index contributed by atoms with van der Waals surface area (Å²) in [4.78, 5) is 11.5. The Bertz CT molecular complexity index is 418. The summed E-state index contributed by atoms with van der Waals surface area (Å²) in [5.41, 5.74) is 1.24. The van der Waals surface area contributed by atoms with Gasteiger partial charge in [0.05, 0.1) is 13.0 Å². The predicted octanol–water partition coefficient (Wildman–Crippen LogP) is 3.77. The van der Waals surface area contributed by atoms with Gasteiger partial charge in [-0.3, -0.25) is 4.79 Å². The van der Waals surface area contributed by atoms with Crippen LogP contribution in [0.5, 0.6) is 0 Å². The summed E-state index contributed by atoms with van der Waals surface area (Å²) >= 11 is 0. The van der Waals surface area contributed by atoms with Gasteiger partial charge < -0.3 is 9.47 Å². The van der Waals surface area contributed by atoms with Crippen molar-refractivity contribution < 1.29 is 18.7 Å². The zero-order chi connectivity index (χ0) is 14.8. The number of rotatable bonds is 9. The number of aryl methyl sites for hydroxylation is 1. The summed E-state index contributed by atoms with van der Waals surface area (Å²) in [6, 6.07) is 4.86. The van der Waals surface area contributed by atoms with Crippen molar-refractivity contribution in [1.29, 1.82) is 0 Å². The van der Waals surface area contributed by atoms with Crippen molar-refractivity contribution in [3.8, 4) is 0 Å². The van der Waals surface area contributed by atoms with Gasteiger partial charge in [-0.1, -0.05) is 31.9 Å². The molecule has 0 N–H and O–H groups in total. The lowest BCUT2D eigenvalue weighted by Gasteiger charge is -2.07. The van der Waals surface area contributed by atoms with E-state index in [1.165, 1.54) is 6.07 Å². The van der Waals surface area contributed by atoms with Crippen molar-refractivity contribution in [2.45, 2.75) is 46.1 Å². The Morgan fingerprint density at radius 3 is 2.75 bits per heavy atom. The van der Waals surface area contributed by atoms with E-state index >= 15 is 0 Å². The lowest BCUT2D eigenvalue weighted by atomic mass is 10.1. The van der Waals surface area contributed by atoms with Gasteiger partial charge in [-0.15, -0.1) is 0 Å². The quantitative estimate of drug-likeness (QED) is 0.511. The van der Waals surface area contributed by atoms with Crippen LogP contribution in [0.1, 0.15) is 43.7 Å². The normalized spacial score (nSPS) is 10.6. The Kier molecular flexibility index (Phi) is 7.88. The predicted molar refractivity (Wildman–Crippen MR) is 75.9 cm³/mol. The molecule has 0 bridgehead atoms. The van der Waals surface area contributed by atoms with Crippen molar-refractivity contribution in [2.24, 2.45) is 0 Å². The standard InChI is InChI=1S/C16H23FO3/c1-3-4-5-9-19-10-8-16(18)20-12-14-7-6-13(2)11-15(14)17/h6-7,11H,3-5,8-10,12H2,1-2H3. The number of esters is 1. The van der Waals surface area contributed by atoms with Crippen LogP contribution in [-0.2, 0) is 20.9 Å². The van der Waals surface area contributed by atoms with Crippen LogP contribution in [0, 0.1) is 12.7 Å². The van der Waals surface area contributed by atoms with Gasteiger partial charge in [0.1, 0.15) is 12.4 Å². The van der Waals surface area contributed by atoms with Gasteiger partial charge in [-0.2, -0.15) is 0 Å². The lowest BCUT2D eigenvalue weighted by Crippen LogP contribution is -2.09. The highest BCUT2D eigenvalue weighted by atomic mass is 19.1. The minimum atomic E-state index is -0.361. The molecule has 0 radical (unpaired) electrons. The second kappa shape index (κ2) is 9.48. The maximum atomic E-state index is 13.5. The molecular weight excluding hydrogens is 259 g/mol. The van der Waals surface area contributed by atoms with Crippen LogP contribution in [0.4, 0.5) is 4.39 Å². The van der Waals surface area contributed by atoms with Crippen molar-refractivity contribution in [1.82, 2.24) is 0 Å². The molecular formula is C16H23FO3. The highest BCUT2D eigenvalue weighted by molar-refractivity contribution is 5.69. The zero-order valence-electron chi connectivity index (χ0n) is 12.3. The van der Waals surface area contributed by atoms with Gasteiger partial charge in [-0.25, -0.2) is 4.39 Å². The second-order valence-electron chi connectivity index (χ2n) is 4.83. The number of hydrogen-bond acceptors (Lipinski definition) is 3. The molecule has 1 aromatic rings.